The van der Waals surface area contributed by atoms with Gasteiger partial charge in [0.25, 0.3) is 5.56 Å². The second-order valence-electron chi connectivity index (χ2n) is 5.52. The van der Waals surface area contributed by atoms with Crippen LogP contribution in [-0.4, -0.2) is 19.7 Å². The van der Waals surface area contributed by atoms with Crippen LogP contribution in [0.25, 0.3) is 11.4 Å². The van der Waals surface area contributed by atoms with Gasteiger partial charge < -0.3 is 4.98 Å². The van der Waals surface area contributed by atoms with Gasteiger partial charge in [-0.3, -0.25) is 9.48 Å². The van der Waals surface area contributed by atoms with Gasteiger partial charge in [0.05, 0.1) is 17.0 Å². The van der Waals surface area contributed by atoms with Gasteiger partial charge >= 0.3 is 0 Å². The molecule has 106 valence electrons. The molecular weight excluding hydrogens is 252 g/mol. The number of aryl methyl sites for hydroxylation is 2. The Labute approximate surface area is 118 Å². The predicted molar refractivity (Wildman–Crippen MR) is 77.6 cm³/mol. The van der Waals surface area contributed by atoms with E-state index in [1.54, 1.807) is 10.7 Å². The SMILES string of the molecule is CCc1nn(C)cc1-c1nc(C2CCCC2)cc(=O)[nH]1. The standard InChI is InChI=1S/C15H20N4O/c1-3-12-11(9-19(2)18-12)15-16-13(8-14(20)17-15)10-6-4-5-7-10/h8-10H,3-7H2,1-2H3,(H,16,17,20). The zero-order chi connectivity index (χ0) is 14.1. The Bertz CT molecular complexity index is 665. The normalized spacial score (nSPS) is 15.9. The van der Waals surface area contributed by atoms with E-state index in [0.29, 0.717) is 11.7 Å². The molecule has 2 aromatic rings. The lowest BCUT2D eigenvalue weighted by molar-refractivity contribution is 0.693. The maximum absolute atomic E-state index is 11.9. The number of aromatic amines is 1. The summed E-state index contributed by atoms with van der Waals surface area (Å²) in [6.45, 7) is 2.06. The van der Waals surface area contributed by atoms with Crippen LogP contribution in [0.3, 0.4) is 0 Å². The molecule has 0 aromatic carbocycles. The van der Waals surface area contributed by atoms with Gasteiger partial charge in [0.2, 0.25) is 0 Å². The van der Waals surface area contributed by atoms with Crippen LogP contribution < -0.4 is 5.56 Å². The molecule has 0 aliphatic heterocycles. The minimum atomic E-state index is -0.0668. The van der Waals surface area contributed by atoms with E-state index in [1.807, 2.05) is 13.2 Å². The number of hydrogen-bond acceptors (Lipinski definition) is 3. The fraction of sp³-hybridized carbons (Fsp3) is 0.533. The van der Waals surface area contributed by atoms with Gasteiger partial charge in [-0.1, -0.05) is 19.8 Å². The minimum absolute atomic E-state index is 0.0668. The van der Waals surface area contributed by atoms with Crippen molar-refractivity contribution >= 4 is 0 Å². The van der Waals surface area contributed by atoms with Gasteiger partial charge in [-0.15, -0.1) is 0 Å². The van der Waals surface area contributed by atoms with Crippen LogP contribution in [0.2, 0.25) is 0 Å². The van der Waals surface area contributed by atoms with E-state index < -0.39 is 0 Å². The van der Waals surface area contributed by atoms with Gasteiger partial charge in [0.1, 0.15) is 5.82 Å². The van der Waals surface area contributed by atoms with Crippen LogP contribution in [0.5, 0.6) is 0 Å². The maximum Gasteiger partial charge on any atom is 0.251 e. The molecule has 0 atom stereocenters. The molecule has 3 rings (SSSR count). The summed E-state index contributed by atoms with van der Waals surface area (Å²) in [5.41, 5.74) is 2.78. The molecule has 0 amide bonds. The molecule has 0 radical (unpaired) electrons. The number of nitrogens with zero attached hydrogens (tertiary/aromatic N) is 3. The quantitative estimate of drug-likeness (QED) is 0.933. The Balaban J connectivity index is 2.06. The lowest BCUT2D eigenvalue weighted by atomic mass is 10.0. The van der Waals surface area contributed by atoms with Crippen molar-refractivity contribution in [3.63, 3.8) is 0 Å². The van der Waals surface area contributed by atoms with E-state index in [0.717, 1.165) is 36.2 Å². The first-order valence-corrected chi connectivity index (χ1v) is 7.31. The third kappa shape index (κ3) is 2.40. The minimum Gasteiger partial charge on any atom is -0.306 e. The Morgan fingerprint density at radius 1 is 1.40 bits per heavy atom. The summed E-state index contributed by atoms with van der Waals surface area (Å²) in [6.07, 6.45) is 7.51. The highest BCUT2D eigenvalue weighted by Crippen LogP contribution is 2.33. The van der Waals surface area contributed by atoms with Crippen LogP contribution in [0.4, 0.5) is 0 Å². The molecule has 0 bridgehead atoms. The van der Waals surface area contributed by atoms with Crippen molar-refractivity contribution in [1.29, 1.82) is 0 Å². The van der Waals surface area contributed by atoms with Crippen LogP contribution in [-0.2, 0) is 13.5 Å². The molecule has 1 saturated carbocycles. The second-order valence-corrected chi connectivity index (χ2v) is 5.52. The average molecular weight is 272 g/mol. The largest absolute Gasteiger partial charge is 0.306 e. The average Bonchev–Trinajstić information content (AvgIpc) is 3.06. The van der Waals surface area contributed by atoms with Gasteiger partial charge in [-0.25, -0.2) is 4.98 Å². The predicted octanol–water partition coefficient (Wildman–Crippen LogP) is 2.39. The molecule has 1 fully saturated rings. The van der Waals surface area contributed by atoms with Crippen LogP contribution in [0.1, 0.15) is 49.9 Å². The summed E-state index contributed by atoms with van der Waals surface area (Å²) in [5.74, 6) is 1.10. The fourth-order valence-corrected chi connectivity index (χ4v) is 3.03. The van der Waals surface area contributed by atoms with Crippen molar-refractivity contribution in [2.24, 2.45) is 7.05 Å². The molecule has 20 heavy (non-hydrogen) atoms. The van der Waals surface area contributed by atoms with Crippen LogP contribution >= 0.6 is 0 Å². The molecule has 0 saturated heterocycles. The summed E-state index contributed by atoms with van der Waals surface area (Å²) in [6, 6.07) is 1.65. The molecule has 2 aromatic heterocycles. The Hall–Kier alpha value is -1.91. The molecule has 1 N–H and O–H groups in total. The lowest BCUT2D eigenvalue weighted by Gasteiger charge is -2.09. The van der Waals surface area contributed by atoms with Crippen molar-refractivity contribution in [1.82, 2.24) is 19.7 Å². The fourth-order valence-electron chi connectivity index (χ4n) is 3.03. The summed E-state index contributed by atoms with van der Waals surface area (Å²) >= 11 is 0. The highest BCUT2D eigenvalue weighted by Gasteiger charge is 2.20. The van der Waals surface area contributed by atoms with Crippen molar-refractivity contribution < 1.29 is 0 Å². The third-order valence-corrected chi connectivity index (χ3v) is 4.03. The smallest absolute Gasteiger partial charge is 0.251 e. The molecule has 0 unspecified atom stereocenters. The van der Waals surface area contributed by atoms with E-state index in [1.165, 1.54) is 12.8 Å². The van der Waals surface area contributed by atoms with E-state index in [-0.39, 0.29) is 5.56 Å². The number of rotatable bonds is 3. The first-order valence-electron chi connectivity index (χ1n) is 7.31. The van der Waals surface area contributed by atoms with Crippen molar-refractivity contribution in [3.8, 4) is 11.4 Å². The molecule has 2 heterocycles. The Kier molecular flexibility index (Phi) is 3.42. The van der Waals surface area contributed by atoms with Crippen LogP contribution in [0, 0.1) is 0 Å². The molecule has 5 heteroatoms. The Morgan fingerprint density at radius 2 is 2.15 bits per heavy atom. The summed E-state index contributed by atoms with van der Waals surface area (Å²) in [5, 5.41) is 4.42. The molecule has 0 spiro atoms. The highest BCUT2D eigenvalue weighted by atomic mass is 16.1. The summed E-state index contributed by atoms with van der Waals surface area (Å²) in [7, 11) is 1.89. The first kappa shape index (κ1) is 13.1. The van der Waals surface area contributed by atoms with E-state index >= 15 is 0 Å². The maximum atomic E-state index is 11.9. The summed E-state index contributed by atoms with van der Waals surface area (Å²) < 4.78 is 1.77. The molecule has 5 nitrogen and oxygen atoms in total. The van der Waals surface area contributed by atoms with Crippen molar-refractivity contribution in [2.45, 2.75) is 44.9 Å². The van der Waals surface area contributed by atoms with Crippen molar-refractivity contribution in [2.75, 3.05) is 0 Å². The van der Waals surface area contributed by atoms with E-state index in [4.69, 9.17) is 4.98 Å². The molecular formula is C15H20N4O. The zero-order valence-corrected chi connectivity index (χ0v) is 12.0. The lowest BCUT2D eigenvalue weighted by Crippen LogP contribution is -2.12. The van der Waals surface area contributed by atoms with Gasteiger partial charge in [0.15, 0.2) is 0 Å². The van der Waals surface area contributed by atoms with Gasteiger partial charge in [-0.05, 0) is 19.3 Å². The second kappa shape index (κ2) is 5.23. The number of hydrogen-bond donors (Lipinski definition) is 1. The summed E-state index contributed by atoms with van der Waals surface area (Å²) in [4.78, 5) is 19.5. The van der Waals surface area contributed by atoms with Crippen LogP contribution in [0.15, 0.2) is 17.1 Å². The van der Waals surface area contributed by atoms with E-state index in [2.05, 4.69) is 17.0 Å². The van der Waals surface area contributed by atoms with E-state index in [9.17, 15) is 4.79 Å². The number of aromatic nitrogens is 4. The third-order valence-electron chi connectivity index (χ3n) is 4.03. The topological polar surface area (TPSA) is 63.6 Å². The zero-order valence-electron chi connectivity index (χ0n) is 12.0. The molecule has 1 aliphatic rings. The van der Waals surface area contributed by atoms with Crippen molar-refractivity contribution in [3.05, 3.63) is 34.0 Å². The molecule has 1 aliphatic carbocycles. The first-order chi connectivity index (χ1) is 9.67. The monoisotopic (exact) mass is 272 g/mol. The highest BCUT2D eigenvalue weighted by molar-refractivity contribution is 5.57. The number of H-pyrrole nitrogens is 1. The Morgan fingerprint density at radius 3 is 2.85 bits per heavy atom. The number of nitrogens with one attached hydrogen (secondary N) is 1. The van der Waals surface area contributed by atoms with Gasteiger partial charge in [0, 0.05) is 25.2 Å². The van der Waals surface area contributed by atoms with Gasteiger partial charge in [-0.2, -0.15) is 5.10 Å².